The first-order chi connectivity index (χ1) is 8.52. The Kier molecular flexibility index (Phi) is 7.20. The zero-order chi connectivity index (χ0) is 13.5. The van der Waals surface area contributed by atoms with Gasteiger partial charge in [-0.1, -0.05) is 6.58 Å². The van der Waals surface area contributed by atoms with Crippen LogP contribution in [0.4, 0.5) is 11.4 Å². The number of quaternary nitrogens is 1. The van der Waals surface area contributed by atoms with E-state index in [0.29, 0.717) is 5.69 Å². The predicted molar refractivity (Wildman–Crippen MR) is 66.1 cm³/mol. The Labute approximate surface area is 111 Å². The van der Waals surface area contributed by atoms with Crippen LogP contribution in [-0.4, -0.2) is 19.1 Å². The monoisotopic (exact) mass is 268 g/mol. The molecule has 6 N–H and O–H groups in total. The highest BCUT2D eigenvalue weighted by Crippen LogP contribution is 2.06. The number of aliphatic carboxylic acids is 1. The summed E-state index contributed by atoms with van der Waals surface area (Å²) in [6, 6.07) is 6.93. The molecule has 0 spiro atoms. The molecule has 0 fully saturated rings. The molecular formula is C12H18N3O4-. The van der Waals surface area contributed by atoms with Crippen molar-refractivity contribution in [1.29, 1.82) is 0 Å². The molecule has 0 heterocycles. The van der Waals surface area contributed by atoms with Gasteiger partial charge in [-0.15, -0.1) is 0 Å². The van der Waals surface area contributed by atoms with Crippen molar-refractivity contribution in [2.75, 3.05) is 18.8 Å². The van der Waals surface area contributed by atoms with Gasteiger partial charge in [-0.05, 0) is 12.1 Å². The van der Waals surface area contributed by atoms with E-state index in [-0.39, 0.29) is 31.4 Å². The highest BCUT2D eigenvalue weighted by atomic mass is 17.1. The maximum atomic E-state index is 10.5. The van der Waals surface area contributed by atoms with E-state index in [1.807, 2.05) is 0 Å². The van der Waals surface area contributed by atoms with Crippen molar-refractivity contribution in [3.05, 3.63) is 36.6 Å². The molecule has 0 aliphatic carbocycles. The smallest absolute Gasteiger partial charge is 0.139 e. The standard InChI is InChI=1S/C12H16N2O4.H3N/c1-9(18-17)8-14(7-6-12(15)16)11-4-2-10(13)3-5-11;/h2-5,17H,1,6-8,13H2,(H,15,16);1H3/p-1. The van der Waals surface area contributed by atoms with Crippen molar-refractivity contribution in [3.63, 3.8) is 0 Å². The van der Waals surface area contributed by atoms with Crippen LogP contribution in [0.15, 0.2) is 36.6 Å². The molecule has 19 heavy (non-hydrogen) atoms. The molecule has 1 aromatic carbocycles. The SMILES string of the molecule is C=C(C[NH+](CCC(=O)[O-])c1ccc(N)cc1)O[O-].N. The summed E-state index contributed by atoms with van der Waals surface area (Å²) >= 11 is 0. The van der Waals surface area contributed by atoms with Gasteiger partial charge in [-0.2, -0.15) is 0 Å². The Morgan fingerprint density at radius 1 is 1.37 bits per heavy atom. The summed E-state index contributed by atoms with van der Waals surface area (Å²) < 4.78 is 0. The van der Waals surface area contributed by atoms with Gasteiger partial charge < -0.3 is 31.9 Å². The number of carboxylic acid groups (broad SMARTS) is 1. The first-order valence-corrected chi connectivity index (χ1v) is 5.41. The molecule has 0 aliphatic heterocycles. The van der Waals surface area contributed by atoms with Crippen molar-refractivity contribution >= 4 is 17.3 Å². The lowest BCUT2D eigenvalue weighted by Gasteiger charge is -2.21. The number of hydrogen-bond acceptors (Lipinski definition) is 6. The van der Waals surface area contributed by atoms with Crippen LogP contribution >= 0.6 is 0 Å². The van der Waals surface area contributed by atoms with Crippen molar-refractivity contribution in [3.8, 4) is 0 Å². The lowest BCUT2D eigenvalue weighted by Crippen LogP contribution is -3.07. The van der Waals surface area contributed by atoms with E-state index in [2.05, 4.69) is 11.5 Å². The minimum atomic E-state index is -1.14. The molecule has 0 bridgehead atoms. The van der Waals surface area contributed by atoms with Gasteiger partial charge in [0.05, 0.1) is 6.54 Å². The highest BCUT2D eigenvalue weighted by Gasteiger charge is 2.13. The number of hydrogen-bond donors (Lipinski definition) is 3. The maximum absolute atomic E-state index is 10.5. The molecular weight excluding hydrogens is 250 g/mol. The van der Waals surface area contributed by atoms with Crippen LogP contribution in [0, 0.1) is 0 Å². The van der Waals surface area contributed by atoms with Crippen molar-refractivity contribution in [2.45, 2.75) is 6.42 Å². The lowest BCUT2D eigenvalue weighted by atomic mass is 10.2. The minimum absolute atomic E-state index is 0. The van der Waals surface area contributed by atoms with E-state index in [9.17, 15) is 15.2 Å². The van der Waals surface area contributed by atoms with Gasteiger partial charge in [0.25, 0.3) is 0 Å². The Balaban J connectivity index is 0.00000324. The summed E-state index contributed by atoms with van der Waals surface area (Å²) in [5.74, 6) is -1.10. The van der Waals surface area contributed by atoms with Crippen LogP contribution < -0.4 is 27.1 Å². The molecule has 106 valence electrons. The van der Waals surface area contributed by atoms with E-state index < -0.39 is 5.97 Å². The van der Waals surface area contributed by atoms with Crippen molar-refractivity contribution in [1.82, 2.24) is 6.15 Å². The molecule has 0 saturated carbocycles. The van der Waals surface area contributed by atoms with Crippen molar-refractivity contribution < 1.29 is 24.9 Å². The fraction of sp³-hybridized carbons (Fsp3) is 0.250. The summed E-state index contributed by atoms with van der Waals surface area (Å²) in [5.41, 5.74) is 6.99. The Morgan fingerprint density at radius 2 is 1.95 bits per heavy atom. The normalized spacial score (nSPS) is 11.2. The summed E-state index contributed by atoms with van der Waals surface area (Å²) in [6.07, 6.45) is -0.119. The molecule has 0 amide bonds. The van der Waals surface area contributed by atoms with Crippen LogP contribution in [0.5, 0.6) is 0 Å². The second-order valence-corrected chi connectivity index (χ2v) is 3.90. The number of anilines is 1. The number of rotatable bonds is 7. The van der Waals surface area contributed by atoms with Gasteiger partial charge in [-0.25, -0.2) is 0 Å². The number of nitrogen functional groups attached to an aromatic ring is 1. The van der Waals surface area contributed by atoms with Crippen molar-refractivity contribution in [2.24, 2.45) is 0 Å². The van der Waals surface area contributed by atoms with E-state index in [1.54, 1.807) is 24.3 Å². The second-order valence-electron chi connectivity index (χ2n) is 3.90. The van der Waals surface area contributed by atoms with E-state index >= 15 is 0 Å². The molecule has 1 rings (SSSR count). The number of benzene rings is 1. The molecule has 0 aromatic heterocycles. The fourth-order valence-corrected chi connectivity index (χ4v) is 1.57. The molecule has 0 aliphatic rings. The van der Waals surface area contributed by atoms with Gasteiger partial charge in [0, 0.05) is 30.2 Å². The van der Waals surface area contributed by atoms with Crippen LogP contribution in [0.3, 0.4) is 0 Å². The molecule has 7 nitrogen and oxygen atoms in total. The average Bonchev–Trinajstić information content (AvgIpc) is 2.35. The Morgan fingerprint density at radius 3 is 2.42 bits per heavy atom. The predicted octanol–water partition coefficient (Wildman–Crippen LogP) is -2.11. The van der Waals surface area contributed by atoms with Crippen LogP contribution in [-0.2, 0) is 9.68 Å². The van der Waals surface area contributed by atoms with E-state index in [0.717, 1.165) is 10.6 Å². The van der Waals surface area contributed by atoms with E-state index in [1.165, 1.54) is 0 Å². The average molecular weight is 268 g/mol. The molecule has 1 atom stereocenters. The number of carboxylic acids is 1. The lowest BCUT2D eigenvalue weighted by molar-refractivity contribution is -0.834. The molecule has 1 unspecified atom stereocenters. The Hall–Kier alpha value is -2.09. The summed E-state index contributed by atoms with van der Waals surface area (Å²) in [5, 5.41) is 20.7. The van der Waals surface area contributed by atoms with Gasteiger partial charge in [0.1, 0.15) is 18.0 Å². The third-order valence-electron chi connectivity index (χ3n) is 2.48. The minimum Gasteiger partial charge on any atom is -0.664 e. The number of nitrogens with two attached hydrogens (primary N) is 1. The number of carbonyl (C=O) groups is 1. The summed E-state index contributed by atoms with van der Waals surface area (Å²) in [7, 11) is 0. The third kappa shape index (κ3) is 5.87. The van der Waals surface area contributed by atoms with E-state index in [4.69, 9.17) is 5.73 Å². The molecule has 0 saturated heterocycles. The van der Waals surface area contributed by atoms with Gasteiger partial charge >= 0.3 is 0 Å². The molecule has 1 aromatic rings. The van der Waals surface area contributed by atoms with Crippen LogP contribution in [0.1, 0.15) is 6.42 Å². The first-order valence-electron chi connectivity index (χ1n) is 5.41. The fourth-order valence-electron chi connectivity index (χ4n) is 1.57. The molecule has 0 radical (unpaired) electrons. The quantitative estimate of drug-likeness (QED) is 0.224. The number of carbonyl (C=O) groups excluding carboxylic acids is 1. The highest BCUT2D eigenvalue weighted by molar-refractivity contribution is 5.64. The van der Waals surface area contributed by atoms with Crippen LogP contribution in [0.25, 0.3) is 0 Å². The van der Waals surface area contributed by atoms with Gasteiger partial charge in [0.15, 0.2) is 0 Å². The topological polar surface area (TPSA) is 138 Å². The van der Waals surface area contributed by atoms with Crippen LogP contribution in [0.2, 0.25) is 0 Å². The number of nitrogens with one attached hydrogen (secondary N) is 1. The summed E-state index contributed by atoms with van der Waals surface area (Å²) in [4.78, 5) is 15.0. The zero-order valence-corrected chi connectivity index (χ0v) is 10.6. The van der Waals surface area contributed by atoms with Gasteiger partial charge in [0.2, 0.25) is 0 Å². The third-order valence-corrected chi connectivity index (χ3v) is 2.48. The summed E-state index contributed by atoms with van der Waals surface area (Å²) in [6.45, 7) is 3.91. The first kappa shape index (κ1) is 16.9. The zero-order valence-electron chi connectivity index (χ0n) is 10.6. The maximum Gasteiger partial charge on any atom is 0.139 e. The second kappa shape index (κ2) is 8.09. The van der Waals surface area contributed by atoms with Gasteiger partial charge in [-0.3, -0.25) is 4.90 Å². The Bertz CT molecular complexity index is 419. The molecule has 7 heteroatoms. The largest absolute Gasteiger partial charge is 0.664 e.